The number of hydrogen-bond donors (Lipinski definition) is 2. The maximum Gasteiger partial charge on any atom is 0.287 e. The summed E-state index contributed by atoms with van der Waals surface area (Å²) in [6, 6.07) is 15.9. The van der Waals surface area contributed by atoms with Crippen molar-refractivity contribution in [3.63, 3.8) is 0 Å². The molecular formula is C26H30N6O. The quantitative estimate of drug-likeness (QED) is 0.474. The number of amides is 1. The molecule has 0 aliphatic carbocycles. The van der Waals surface area contributed by atoms with Crippen LogP contribution in [0, 0.1) is 5.92 Å². The van der Waals surface area contributed by atoms with E-state index < -0.39 is 0 Å². The van der Waals surface area contributed by atoms with Crippen molar-refractivity contribution >= 4 is 33.5 Å². The Kier molecular flexibility index (Phi) is 5.96. The van der Waals surface area contributed by atoms with Crippen LogP contribution in [0.5, 0.6) is 0 Å². The molecule has 0 bridgehead atoms. The lowest BCUT2D eigenvalue weighted by molar-refractivity contribution is 0.0933. The van der Waals surface area contributed by atoms with Gasteiger partial charge >= 0.3 is 0 Å². The number of carbonyl (C=O) groups is 1. The van der Waals surface area contributed by atoms with Crippen LogP contribution in [-0.4, -0.2) is 45.0 Å². The van der Waals surface area contributed by atoms with Crippen molar-refractivity contribution in [3.05, 3.63) is 66.1 Å². The topological polar surface area (TPSA) is 89.1 Å². The average Bonchev–Trinajstić information content (AvgIpc) is 3.21. The Morgan fingerprint density at radius 2 is 1.97 bits per heavy atom. The van der Waals surface area contributed by atoms with Crippen molar-refractivity contribution in [3.8, 4) is 0 Å². The average molecular weight is 443 g/mol. The zero-order valence-electron chi connectivity index (χ0n) is 19.0. The van der Waals surface area contributed by atoms with Crippen molar-refractivity contribution in [1.82, 2.24) is 24.8 Å². The van der Waals surface area contributed by atoms with Crippen LogP contribution in [0.4, 0.5) is 5.82 Å². The molecule has 7 nitrogen and oxygen atoms in total. The Labute approximate surface area is 193 Å². The Morgan fingerprint density at radius 3 is 2.79 bits per heavy atom. The van der Waals surface area contributed by atoms with E-state index in [0.29, 0.717) is 24.1 Å². The molecule has 33 heavy (non-hydrogen) atoms. The third-order valence-electron chi connectivity index (χ3n) is 6.77. The van der Waals surface area contributed by atoms with Crippen LogP contribution in [0.25, 0.3) is 21.8 Å². The number of para-hydroxylation sites is 2. The summed E-state index contributed by atoms with van der Waals surface area (Å²) in [7, 11) is 0. The van der Waals surface area contributed by atoms with Gasteiger partial charge in [-0.15, -0.1) is 0 Å². The number of nitrogens with zero attached hydrogens (tertiary/aromatic N) is 4. The fourth-order valence-corrected chi connectivity index (χ4v) is 4.80. The molecule has 0 atom stereocenters. The lowest BCUT2D eigenvalue weighted by atomic mass is 9.96. The zero-order valence-corrected chi connectivity index (χ0v) is 19.0. The Bertz CT molecular complexity index is 1290. The van der Waals surface area contributed by atoms with E-state index in [1.807, 2.05) is 42.5 Å². The molecule has 2 aromatic heterocycles. The first-order valence-electron chi connectivity index (χ1n) is 11.7. The lowest BCUT2D eigenvalue weighted by Crippen LogP contribution is -2.35. The molecule has 7 heteroatoms. The van der Waals surface area contributed by atoms with E-state index >= 15 is 0 Å². The van der Waals surface area contributed by atoms with E-state index in [9.17, 15) is 4.79 Å². The summed E-state index contributed by atoms with van der Waals surface area (Å²) in [6.07, 6.45) is 4.00. The van der Waals surface area contributed by atoms with Crippen molar-refractivity contribution in [2.24, 2.45) is 5.92 Å². The number of nitrogens with two attached hydrogens (primary N) is 1. The molecule has 170 valence electrons. The fraction of sp³-hybridized carbons (Fsp3) is 0.346. The molecule has 1 amide bonds. The second-order valence-corrected chi connectivity index (χ2v) is 8.85. The van der Waals surface area contributed by atoms with Gasteiger partial charge in [-0.25, -0.2) is 9.97 Å². The molecule has 1 saturated heterocycles. The van der Waals surface area contributed by atoms with Gasteiger partial charge in [0.1, 0.15) is 5.82 Å². The third kappa shape index (κ3) is 4.41. The van der Waals surface area contributed by atoms with Crippen LogP contribution < -0.4 is 11.1 Å². The summed E-state index contributed by atoms with van der Waals surface area (Å²) in [6.45, 7) is 6.81. The van der Waals surface area contributed by atoms with Gasteiger partial charge in [0.05, 0.1) is 11.0 Å². The van der Waals surface area contributed by atoms with Gasteiger partial charge in [0.15, 0.2) is 5.82 Å². The lowest BCUT2D eigenvalue weighted by Gasteiger charge is -2.31. The number of rotatable bonds is 6. The molecule has 0 spiro atoms. The first-order chi connectivity index (χ1) is 16.1. The number of carbonyl (C=O) groups excluding carboxylic acids is 1. The molecule has 0 radical (unpaired) electrons. The van der Waals surface area contributed by atoms with E-state index in [-0.39, 0.29) is 5.91 Å². The maximum atomic E-state index is 13.2. The van der Waals surface area contributed by atoms with Crippen LogP contribution in [-0.2, 0) is 13.1 Å². The van der Waals surface area contributed by atoms with Gasteiger partial charge < -0.3 is 20.5 Å². The number of likely N-dealkylation sites (tertiary alicyclic amines) is 1. The number of nitrogens with one attached hydrogen (secondary N) is 1. The number of fused-ring (bicyclic) bond motifs is 2. The molecule has 5 rings (SSSR count). The van der Waals surface area contributed by atoms with Gasteiger partial charge in [-0.05, 0) is 73.6 Å². The van der Waals surface area contributed by atoms with E-state index in [0.717, 1.165) is 66.4 Å². The first-order valence-corrected chi connectivity index (χ1v) is 11.7. The highest BCUT2D eigenvalue weighted by Crippen LogP contribution is 2.24. The molecule has 1 aliphatic rings. The summed E-state index contributed by atoms with van der Waals surface area (Å²) < 4.78 is 2.11. The van der Waals surface area contributed by atoms with Crippen LogP contribution in [0.3, 0.4) is 0 Å². The van der Waals surface area contributed by atoms with Crippen molar-refractivity contribution in [2.45, 2.75) is 32.9 Å². The SMILES string of the molecule is CCN1CCC(Cn2c(C(=O)NCc3ccc4c(N)nccc4c3)nc3ccccc32)CC1. The molecule has 4 aromatic rings. The number of nitrogen functional groups attached to an aromatic ring is 1. The van der Waals surface area contributed by atoms with Crippen LogP contribution >= 0.6 is 0 Å². The summed E-state index contributed by atoms with van der Waals surface area (Å²) >= 11 is 0. The number of aromatic nitrogens is 3. The zero-order chi connectivity index (χ0) is 22.8. The molecule has 0 saturated carbocycles. The summed E-state index contributed by atoms with van der Waals surface area (Å²) in [4.78, 5) is 24.6. The molecule has 0 unspecified atom stereocenters. The van der Waals surface area contributed by atoms with E-state index in [1.54, 1.807) is 6.20 Å². The minimum atomic E-state index is -0.147. The van der Waals surface area contributed by atoms with Gasteiger partial charge in [-0.2, -0.15) is 0 Å². The largest absolute Gasteiger partial charge is 0.383 e. The van der Waals surface area contributed by atoms with Crippen LogP contribution in [0.15, 0.2) is 54.7 Å². The second-order valence-electron chi connectivity index (χ2n) is 8.85. The Hall–Kier alpha value is -3.45. The number of imidazole rings is 1. The van der Waals surface area contributed by atoms with Crippen molar-refractivity contribution in [1.29, 1.82) is 0 Å². The van der Waals surface area contributed by atoms with Crippen LogP contribution in [0.1, 0.15) is 35.9 Å². The number of benzene rings is 2. The smallest absolute Gasteiger partial charge is 0.287 e. The molecule has 3 N–H and O–H groups in total. The van der Waals surface area contributed by atoms with Crippen molar-refractivity contribution in [2.75, 3.05) is 25.4 Å². The molecule has 3 heterocycles. The summed E-state index contributed by atoms with van der Waals surface area (Å²) in [5, 5.41) is 5.01. The number of anilines is 1. The second kappa shape index (κ2) is 9.19. The molecular weight excluding hydrogens is 412 g/mol. The number of piperidine rings is 1. The van der Waals surface area contributed by atoms with Gasteiger partial charge in [-0.3, -0.25) is 4.79 Å². The Morgan fingerprint density at radius 1 is 1.15 bits per heavy atom. The standard InChI is InChI=1S/C26H30N6O/c1-2-31-13-10-18(11-14-31)17-32-23-6-4-3-5-22(23)30-25(32)26(33)29-16-19-7-8-21-20(15-19)9-12-28-24(21)27/h3-9,12,15,18H,2,10-11,13-14,16-17H2,1H3,(H2,27,28)(H,29,33). The fourth-order valence-electron chi connectivity index (χ4n) is 4.80. The predicted octanol–water partition coefficient (Wildman–Crippen LogP) is 3.83. The van der Waals surface area contributed by atoms with Gasteiger partial charge in [0, 0.05) is 24.7 Å². The molecule has 1 fully saturated rings. The minimum Gasteiger partial charge on any atom is -0.383 e. The maximum absolute atomic E-state index is 13.2. The monoisotopic (exact) mass is 442 g/mol. The molecule has 2 aromatic carbocycles. The number of hydrogen-bond acceptors (Lipinski definition) is 5. The normalized spacial score (nSPS) is 15.3. The highest BCUT2D eigenvalue weighted by molar-refractivity contribution is 5.95. The van der Waals surface area contributed by atoms with E-state index in [1.165, 1.54) is 0 Å². The Balaban J connectivity index is 1.35. The summed E-state index contributed by atoms with van der Waals surface area (Å²) in [5.41, 5.74) is 8.85. The highest BCUT2D eigenvalue weighted by atomic mass is 16.2. The summed E-state index contributed by atoms with van der Waals surface area (Å²) in [5.74, 6) is 1.41. The van der Waals surface area contributed by atoms with Gasteiger partial charge in [0.25, 0.3) is 5.91 Å². The first kappa shape index (κ1) is 21.4. The predicted molar refractivity (Wildman–Crippen MR) is 132 cm³/mol. The van der Waals surface area contributed by atoms with E-state index in [2.05, 4.69) is 32.8 Å². The molecule has 1 aliphatic heterocycles. The third-order valence-corrected chi connectivity index (χ3v) is 6.77. The van der Waals surface area contributed by atoms with Crippen molar-refractivity contribution < 1.29 is 4.79 Å². The van der Waals surface area contributed by atoms with E-state index in [4.69, 9.17) is 10.7 Å². The van der Waals surface area contributed by atoms with Gasteiger partial charge in [0.2, 0.25) is 0 Å². The van der Waals surface area contributed by atoms with Crippen LogP contribution in [0.2, 0.25) is 0 Å². The minimum absolute atomic E-state index is 0.147. The van der Waals surface area contributed by atoms with Gasteiger partial charge in [-0.1, -0.05) is 31.2 Å². The number of pyridine rings is 1. The highest BCUT2D eigenvalue weighted by Gasteiger charge is 2.23.